The molecule has 0 fully saturated rings. The fourth-order valence-corrected chi connectivity index (χ4v) is 3.08. The van der Waals surface area contributed by atoms with Crippen LogP contribution in [0.1, 0.15) is 28.5 Å². The van der Waals surface area contributed by atoms with Crippen molar-refractivity contribution in [1.29, 1.82) is 0 Å². The first kappa shape index (κ1) is 15.7. The molecule has 1 atom stereocenters. The molecule has 0 radical (unpaired) electrons. The molecule has 0 spiro atoms. The van der Waals surface area contributed by atoms with Crippen LogP contribution in [0.3, 0.4) is 0 Å². The molecule has 1 aromatic carbocycles. The number of hydrogen-bond acceptors (Lipinski definition) is 4. The first-order valence-corrected chi connectivity index (χ1v) is 7.78. The van der Waals surface area contributed by atoms with Gasteiger partial charge in [0.1, 0.15) is 5.54 Å². The lowest BCUT2D eigenvalue weighted by molar-refractivity contribution is -0.148. The Morgan fingerprint density at radius 1 is 1.29 bits per heavy atom. The highest BCUT2D eigenvalue weighted by Crippen LogP contribution is 2.26. The van der Waals surface area contributed by atoms with Crippen LogP contribution in [0.15, 0.2) is 35.7 Å². The molecular weight excluding hydrogens is 282 g/mol. The van der Waals surface area contributed by atoms with Crippen molar-refractivity contribution >= 4 is 17.3 Å². The highest BCUT2D eigenvalue weighted by molar-refractivity contribution is 7.09. The zero-order valence-electron chi connectivity index (χ0n) is 12.9. The number of carbonyl (C=O) groups is 1. The zero-order chi connectivity index (χ0) is 15.5. The molecule has 21 heavy (non-hydrogen) atoms. The minimum Gasteiger partial charge on any atom is -0.467 e. The number of esters is 1. The third-order valence-corrected chi connectivity index (χ3v) is 4.47. The van der Waals surface area contributed by atoms with E-state index in [0.717, 1.165) is 16.7 Å². The molecule has 1 unspecified atom stereocenters. The van der Waals surface area contributed by atoms with Crippen molar-refractivity contribution in [3.63, 3.8) is 0 Å². The van der Waals surface area contributed by atoms with Gasteiger partial charge in [-0.05, 0) is 37.8 Å². The van der Waals surface area contributed by atoms with E-state index in [1.54, 1.807) is 11.3 Å². The van der Waals surface area contributed by atoms with Gasteiger partial charge in [-0.25, -0.2) is 4.79 Å². The van der Waals surface area contributed by atoms with E-state index in [1.807, 2.05) is 44.4 Å². The normalized spacial score (nSPS) is 13.7. The number of thiophene rings is 1. The highest BCUT2D eigenvalue weighted by Gasteiger charge is 2.36. The lowest BCUT2D eigenvalue weighted by Crippen LogP contribution is -2.47. The molecule has 1 N–H and O–H groups in total. The van der Waals surface area contributed by atoms with Gasteiger partial charge in [0, 0.05) is 11.4 Å². The summed E-state index contributed by atoms with van der Waals surface area (Å²) in [4.78, 5) is 13.5. The van der Waals surface area contributed by atoms with Crippen molar-refractivity contribution in [2.24, 2.45) is 0 Å². The lowest BCUT2D eigenvalue weighted by atomic mass is 9.89. The first-order valence-electron chi connectivity index (χ1n) is 6.90. The molecule has 4 heteroatoms. The summed E-state index contributed by atoms with van der Waals surface area (Å²) in [6.45, 7) is 6.58. The van der Waals surface area contributed by atoms with Gasteiger partial charge >= 0.3 is 5.97 Å². The summed E-state index contributed by atoms with van der Waals surface area (Å²) >= 11 is 1.67. The molecule has 0 aliphatic heterocycles. The van der Waals surface area contributed by atoms with Crippen LogP contribution in [0.2, 0.25) is 0 Å². The van der Waals surface area contributed by atoms with E-state index in [-0.39, 0.29) is 5.97 Å². The number of ether oxygens (including phenoxy) is 1. The van der Waals surface area contributed by atoms with Crippen LogP contribution >= 0.6 is 11.3 Å². The maximum atomic E-state index is 12.3. The Bertz CT molecular complexity index is 601. The number of rotatable bonds is 5. The molecule has 112 valence electrons. The Hall–Kier alpha value is -1.65. The third-order valence-electron chi connectivity index (χ3n) is 3.59. The summed E-state index contributed by atoms with van der Waals surface area (Å²) in [6, 6.07) is 10.2. The van der Waals surface area contributed by atoms with Crippen LogP contribution in [0.4, 0.5) is 0 Å². The minimum atomic E-state index is -0.852. The minimum absolute atomic E-state index is 0.274. The molecule has 0 saturated heterocycles. The number of carbonyl (C=O) groups excluding carboxylic acids is 1. The Morgan fingerprint density at radius 2 is 1.95 bits per heavy atom. The average molecular weight is 303 g/mol. The van der Waals surface area contributed by atoms with Gasteiger partial charge in [0.25, 0.3) is 0 Å². The van der Waals surface area contributed by atoms with E-state index in [2.05, 4.69) is 17.4 Å². The van der Waals surface area contributed by atoms with Crippen LogP contribution in [-0.2, 0) is 21.6 Å². The fraction of sp³-hybridized carbons (Fsp3) is 0.353. The predicted molar refractivity (Wildman–Crippen MR) is 86.4 cm³/mol. The molecular formula is C17H21NO2S. The Morgan fingerprint density at radius 3 is 2.48 bits per heavy atom. The molecule has 0 bridgehead atoms. The zero-order valence-corrected chi connectivity index (χ0v) is 13.7. The summed E-state index contributed by atoms with van der Waals surface area (Å²) in [5.74, 6) is -0.274. The number of hydrogen-bond donors (Lipinski definition) is 1. The van der Waals surface area contributed by atoms with Crippen molar-refractivity contribution in [2.75, 3.05) is 7.11 Å². The second-order valence-corrected chi connectivity index (χ2v) is 6.46. The van der Waals surface area contributed by atoms with Crippen LogP contribution in [-0.4, -0.2) is 13.1 Å². The average Bonchev–Trinajstić information content (AvgIpc) is 2.96. The molecule has 0 amide bonds. The van der Waals surface area contributed by atoms with Crippen molar-refractivity contribution < 1.29 is 9.53 Å². The van der Waals surface area contributed by atoms with E-state index >= 15 is 0 Å². The second kappa shape index (κ2) is 6.41. The summed E-state index contributed by atoms with van der Waals surface area (Å²) < 4.78 is 5.02. The van der Waals surface area contributed by atoms with Crippen LogP contribution in [0, 0.1) is 13.8 Å². The van der Waals surface area contributed by atoms with Gasteiger partial charge in [-0.2, -0.15) is 0 Å². The topological polar surface area (TPSA) is 38.3 Å². The lowest BCUT2D eigenvalue weighted by Gasteiger charge is -2.29. The highest BCUT2D eigenvalue weighted by atomic mass is 32.1. The van der Waals surface area contributed by atoms with Crippen LogP contribution < -0.4 is 5.32 Å². The van der Waals surface area contributed by atoms with E-state index in [0.29, 0.717) is 6.54 Å². The maximum absolute atomic E-state index is 12.3. The van der Waals surface area contributed by atoms with Gasteiger partial charge in [-0.15, -0.1) is 11.3 Å². The van der Waals surface area contributed by atoms with Crippen molar-refractivity contribution in [3.8, 4) is 0 Å². The Kier molecular flexibility index (Phi) is 4.80. The van der Waals surface area contributed by atoms with E-state index in [1.165, 1.54) is 12.0 Å². The van der Waals surface area contributed by atoms with Crippen LogP contribution in [0.5, 0.6) is 0 Å². The van der Waals surface area contributed by atoms with Crippen LogP contribution in [0.25, 0.3) is 0 Å². The molecule has 2 aromatic rings. The third kappa shape index (κ3) is 3.52. The Labute approximate surface area is 130 Å². The molecule has 3 nitrogen and oxygen atoms in total. The predicted octanol–water partition coefficient (Wildman–Crippen LogP) is 3.54. The molecule has 0 saturated carbocycles. The number of aryl methyl sites for hydroxylation is 2. The maximum Gasteiger partial charge on any atom is 0.330 e. The standard InChI is InChI=1S/C17H21NO2S/c1-12-8-13(2)10-14(9-12)17(3,16(19)20-4)18-11-15-6-5-7-21-15/h5-10,18H,11H2,1-4H3. The van der Waals surface area contributed by atoms with Gasteiger partial charge in [0.15, 0.2) is 0 Å². The van der Waals surface area contributed by atoms with Gasteiger partial charge in [0.2, 0.25) is 0 Å². The molecule has 0 aliphatic carbocycles. The van der Waals surface area contributed by atoms with E-state index in [9.17, 15) is 4.79 Å². The smallest absolute Gasteiger partial charge is 0.330 e. The summed E-state index contributed by atoms with van der Waals surface area (Å²) in [7, 11) is 1.43. The molecule has 1 aromatic heterocycles. The first-order chi connectivity index (χ1) is 9.95. The fourth-order valence-electron chi connectivity index (χ4n) is 2.44. The van der Waals surface area contributed by atoms with Crippen molar-refractivity contribution in [2.45, 2.75) is 32.9 Å². The second-order valence-electron chi connectivity index (χ2n) is 5.43. The molecule has 0 aliphatic rings. The number of benzene rings is 1. The van der Waals surface area contributed by atoms with Gasteiger partial charge in [0.05, 0.1) is 7.11 Å². The monoisotopic (exact) mass is 303 g/mol. The molecule has 1 heterocycles. The summed E-state index contributed by atoms with van der Waals surface area (Å²) in [5.41, 5.74) is 2.36. The van der Waals surface area contributed by atoms with Gasteiger partial charge in [-0.1, -0.05) is 35.4 Å². The molecule has 2 rings (SSSR count). The largest absolute Gasteiger partial charge is 0.467 e. The quantitative estimate of drug-likeness (QED) is 0.859. The van der Waals surface area contributed by atoms with Gasteiger partial charge < -0.3 is 4.74 Å². The number of methoxy groups -OCH3 is 1. The Balaban J connectivity index is 2.33. The van der Waals surface area contributed by atoms with E-state index < -0.39 is 5.54 Å². The summed E-state index contributed by atoms with van der Waals surface area (Å²) in [5, 5.41) is 5.39. The van der Waals surface area contributed by atoms with Crippen molar-refractivity contribution in [3.05, 3.63) is 57.3 Å². The van der Waals surface area contributed by atoms with E-state index in [4.69, 9.17) is 4.74 Å². The summed E-state index contributed by atoms with van der Waals surface area (Å²) in [6.07, 6.45) is 0. The number of nitrogens with one attached hydrogen (secondary N) is 1. The van der Waals surface area contributed by atoms with Gasteiger partial charge in [-0.3, -0.25) is 5.32 Å². The van der Waals surface area contributed by atoms with Crippen molar-refractivity contribution in [1.82, 2.24) is 5.32 Å². The SMILES string of the molecule is COC(=O)C(C)(NCc1cccs1)c1cc(C)cc(C)c1.